The minimum Gasteiger partial charge on any atom is -0.330 e. The Hall–Kier alpha value is -0.410. The molecule has 0 aromatic carbocycles. The SMILES string of the molecule is NCCc1ncccc1Br. The van der Waals surface area contributed by atoms with Gasteiger partial charge in [0.2, 0.25) is 0 Å². The van der Waals surface area contributed by atoms with Crippen LogP contribution in [0.5, 0.6) is 0 Å². The van der Waals surface area contributed by atoms with Crippen LogP contribution in [0.25, 0.3) is 0 Å². The first-order chi connectivity index (χ1) is 4.84. The van der Waals surface area contributed by atoms with Crippen LogP contribution in [-0.2, 0) is 6.42 Å². The van der Waals surface area contributed by atoms with Gasteiger partial charge in [0.1, 0.15) is 0 Å². The van der Waals surface area contributed by atoms with Crippen molar-refractivity contribution in [3.05, 3.63) is 28.5 Å². The summed E-state index contributed by atoms with van der Waals surface area (Å²) in [6, 6.07) is 3.86. The van der Waals surface area contributed by atoms with Gasteiger partial charge in [0.25, 0.3) is 0 Å². The number of aromatic nitrogens is 1. The Morgan fingerprint density at radius 3 is 3.00 bits per heavy atom. The third kappa shape index (κ3) is 1.78. The molecule has 1 aromatic heterocycles. The minimum absolute atomic E-state index is 0.648. The molecule has 0 aliphatic carbocycles. The van der Waals surface area contributed by atoms with Gasteiger partial charge in [-0.2, -0.15) is 0 Å². The Balaban J connectivity index is 2.81. The van der Waals surface area contributed by atoms with Gasteiger partial charge in [0.05, 0.1) is 5.69 Å². The fourth-order valence-electron chi connectivity index (χ4n) is 0.739. The zero-order valence-corrected chi connectivity index (χ0v) is 7.13. The van der Waals surface area contributed by atoms with Gasteiger partial charge in [0.15, 0.2) is 0 Å². The topological polar surface area (TPSA) is 38.9 Å². The van der Waals surface area contributed by atoms with E-state index in [1.807, 2.05) is 12.1 Å². The van der Waals surface area contributed by atoms with E-state index >= 15 is 0 Å². The highest BCUT2D eigenvalue weighted by Crippen LogP contribution is 2.12. The van der Waals surface area contributed by atoms with Crippen LogP contribution in [0, 0.1) is 0 Å². The van der Waals surface area contributed by atoms with Gasteiger partial charge in [-0.3, -0.25) is 4.98 Å². The third-order valence-corrected chi connectivity index (χ3v) is 1.94. The predicted octanol–water partition coefficient (Wildman–Crippen LogP) is 1.35. The summed E-state index contributed by atoms with van der Waals surface area (Å²) >= 11 is 3.38. The maximum Gasteiger partial charge on any atom is 0.0557 e. The Morgan fingerprint density at radius 2 is 2.40 bits per heavy atom. The lowest BCUT2D eigenvalue weighted by Gasteiger charge is -1.98. The van der Waals surface area contributed by atoms with Crippen molar-refractivity contribution in [2.24, 2.45) is 5.73 Å². The monoisotopic (exact) mass is 200 g/mol. The molecule has 0 saturated heterocycles. The molecule has 0 spiro atoms. The molecule has 0 aliphatic heterocycles. The summed E-state index contributed by atoms with van der Waals surface area (Å²) in [7, 11) is 0. The molecule has 0 fully saturated rings. The average molecular weight is 201 g/mol. The predicted molar refractivity (Wildman–Crippen MR) is 44.7 cm³/mol. The Morgan fingerprint density at radius 1 is 1.60 bits per heavy atom. The van der Waals surface area contributed by atoms with Gasteiger partial charge in [-0.1, -0.05) is 0 Å². The molecular formula is C7H9BrN2. The van der Waals surface area contributed by atoms with E-state index in [1.54, 1.807) is 6.20 Å². The number of halogens is 1. The van der Waals surface area contributed by atoms with E-state index in [2.05, 4.69) is 20.9 Å². The molecule has 0 radical (unpaired) electrons. The molecule has 0 saturated carbocycles. The van der Waals surface area contributed by atoms with Gasteiger partial charge in [-0.15, -0.1) is 0 Å². The summed E-state index contributed by atoms with van der Waals surface area (Å²) in [6.45, 7) is 0.648. The first kappa shape index (κ1) is 7.69. The van der Waals surface area contributed by atoms with Crippen LogP contribution in [0.15, 0.2) is 22.8 Å². The quantitative estimate of drug-likeness (QED) is 0.784. The largest absolute Gasteiger partial charge is 0.330 e. The highest BCUT2D eigenvalue weighted by Gasteiger charge is 1.96. The van der Waals surface area contributed by atoms with Crippen molar-refractivity contribution >= 4 is 15.9 Å². The van der Waals surface area contributed by atoms with Gasteiger partial charge >= 0.3 is 0 Å². The molecular weight excluding hydrogens is 192 g/mol. The van der Waals surface area contributed by atoms with Crippen LogP contribution >= 0.6 is 15.9 Å². The Bertz CT molecular complexity index is 213. The maximum absolute atomic E-state index is 5.37. The number of nitrogens with two attached hydrogens (primary N) is 1. The Labute approximate surface area is 68.6 Å². The van der Waals surface area contributed by atoms with Crippen molar-refractivity contribution in [2.75, 3.05) is 6.54 Å². The summed E-state index contributed by atoms with van der Waals surface area (Å²) in [5.74, 6) is 0. The van der Waals surface area contributed by atoms with Crippen LogP contribution < -0.4 is 5.73 Å². The molecule has 0 amide bonds. The van der Waals surface area contributed by atoms with E-state index in [1.165, 1.54) is 0 Å². The van der Waals surface area contributed by atoms with E-state index in [4.69, 9.17) is 5.73 Å². The molecule has 0 unspecified atom stereocenters. The number of hydrogen-bond acceptors (Lipinski definition) is 2. The number of pyridine rings is 1. The minimum atomic E-state index is 0.648. The number of rotatable bonds is 2. The molecule has 1 rings (SSSR count). The second kappa shape index (κ2) is 3.68. The average Bonchev–Trinajstić information content (AvgIpc) is 1.94. The third-order valence-electron chi connectivity index (χ3n) is 1.22. The van der Waals surface area contributed by atoms with E-state index in [0.29, 0.717) is 6.54 Å². The molecule has 0 atom stereocenters. The second-order valence-corrected chi connectivity index (χ2v) is 2.82. The smallest absolute Gasteiger partial charge is 0.0557 e. The zero-order chi connectivity index (χ0) is 7.40. The molecule has 2 N–H and O–H groups in total. The van der Waals surface area contributed by atoms with E-state index < -0.39 is 0 Å². The molecule has 54 valence electrons. The normalized spacial score (nSPS) is 9.80. The molecule has 1 heterocycles. The molecule has 3 heteroatoms. The van der Waals surface area contributed by atoms with Gasteiger partial charge in [0, 0.05) is 17.1 Å². The fourth-order valence-corrected chi connectivity index (χ4v) is 1.19. The summed E-state index contributed by atoms with van der Waals surface area (Å²) in [5, 5.41) is 0. The van der Waals surface area contributed by atoms with Crippen LogP contribution in [0.4, 0.5) is 0 Å². The summed E-state index contributed by atoms with van der Waals surface area (Å²) in [5.41, 5.74) is 6.40. The maximum atomic E-state index is 5.37. The van der Waals surface area contributed by atoms with Crippen LogP contribution in [0.2, 0.25) is 0 Å². The first-order valence-corrected chi connectivity index (χ1v) is 3.93. The highest BCUT2D eigenvalue weighted by atomic mass is 79.9. The van der Waals surface area contributed by atoms with Gasteiger partial charge in [-0.05, 0) is 34.6 Å². The molecule has 0 aliphatic rings. The molecule has 2 nitrogen and oxygen atoms in total. The van der Waals surface area contributed by atoms with Crippen LogP contribution in [0.1, 0.15) is 5.69 Å². The standard InChI is InChI=1S/C7H9BrN2/c8-6-2-1-5-10-7(6)3-4-9/h1-2,5H,3-4,9H2. The van der Waals surface area contributed by atoms with Crippen molar-refractivity contribution in [3.8, 4) is 0 Å². The van der Waals surface area contributed by atoms with Crippen LogP contribution in [0.3, 0.4) is 0 Å². The van der Waals surface area contributed by atoms with Crippen molar-refractivity contribution in [2.45, 2.75) is 6.42 Å². The van der Waals surface area contributed by atoms with Crippen molar-refractivity contribution < 1.29 is 0 Å². The lowest BCUT2D eigenvalue weighted by Crippen LogP contribution is -2.04. The summed E-state index contributed by atoms with van der Waals surface area (Å²) in [4.78, 5) is 4.14. The van der Waals surface area contributed by atoms with Crippen LogP contribution in [-0.4, -0.2) is 11.5 Å². The molecule has 1 aromatic rings. The molecule has 0 bridgehead atoms. The molecule has 10 heavy (non-hydrogen) atoms. The zero-order valence-electron chi connectivity index (χ0n) is 5.55. The lowest BCUT2D eigenvalue weighted by atomic mass is 10.3. The van der Waals surface area contributed by atoms with Crippen molar-refractivity contribution in [1.29, 1.82) is 0 Å². The fraction of sp³-hybridized carbons (Fsp3) is 0.286. The lowest BCUT2D eigenvalue weighted by molar-refractivity contribution is 0.916. The highest BCUT2D eigenvalue weighted by molar-refractivity contribution is 9.10. The van der Waals surface area contributed by atoms with Crippen molar-refractivity contribution in [1.82, 2.24) is 4.98 Å². The van der Waals surface area contributed by atoms with E-state index in [-0.39, 0.29) is 0 Å². The van der Waals surface area contributed by atoms with Gasteiger partial charge in [-0.25, -0.2) is 0 Å². The van der Waals surface area contributed by atoms with Gasteiger partial charge < -0.3 is 5.73 Å². The number of hydrogen-bond donors (Lipinski definition) is 1. The second-order valence-electron chi connectivity index (χ2n) is 1.97. The van der Waals surface area contributed by atoms with Crippen molar-refractivity contribution in [3.63, 3.8) is 0 Å². The Kier molecular flexibility index (Phi) is 2.83. The first-order valence-electron chi connectivity index (χ1n) is 3.14. The van der Waals surface area contributed by atoms with E-state index in [9.17, 15) is 0 Å². The van der Waals surface area contributed by atoms with E-state index in [0.717, 1.165) is 16.6 Å². The summed E-state index contributed by atoms with van der Waals surface area (Å²) in [6.07, 6.45) is 2.61. The summed E-state index contributed by atoms with van der Waals surface area (Å²) < 4.78 is 1.04. The number of nitrogens with zero attached hydrogens (tertiary/aromatic N) is 1.